The maximum Gasteiger partial charge on any atom is 0.226 e. The molecule has 1 N–H and O–H groups in total. The number of carbonyl (C=O) groups excluding carboxylic acids is 1. The van der Waals surface area contributed by atoms with Crippen LogP contribution in [0.5, 0.6) is 0 Å². The van der Waals surface area contributed by atoms with Crippen molar-refractivity contribution in [2.45, 2.75) is 31.9 Å². The van der Waals surface area contributed by atoms with Gasteiger partial charge in [0.05, 0.1) is 17.6 Å². The van der Waals surface area contributed by atoms with Gasteiger partial charge >= 0.3 is 0 Å². The standard InChI is InChI=1S/C15H20ClNO2/c1-11-13(8-9-19-11)14(18)17-15(2,10-16)12-6-4-3-5-7-12/h3-7,11,13H,8-10H2,1-2H3,(H,17,18). The van der Waals surface area contributed by atoms with E-state index in [0.29, 0.717) is 12.5 Å². The number of halogens is 1. The molecule has 19 heavy (non-hydrogen) atoms. The average Bonchev–Trinajstić information content (AvgIpc) is 2.86. The highest BCUT2D eigenvalue weighted by atomic mass is 35.5. The molecule has 1 aliphatic rings. The number of hydrogen-bond acceptors (Lipinski definition) is 2. The van der Waals surface area contributed by atoms with Crippen molar-refractivity contribution in [3.63, 3.8) is 0 Å². The minimum Gasteiger partial charge on any atom is -0.378 e. The fourth-order valence-corrected chi connectivity index (χ4v) is 2.65. The number of nitrogens with one attached hydrogen (secondary N) is 1. The van der Waals surface area contributed by atoms with Gasteiger partial charge < -0.3 is 10.1 Å². The van der Waals surface area contributed by atoms with E-state index in [1.54, 1.807) is 0 Å². The summed E-state index contributed by atoms with van der Waals surface area (Å²) < 4.78 is 5.45. The summed E-state index contributed by atoms with van der Waals surface area (Å²) >= 11 is 6.08. The van der Waals surface area contributed by atoms with E-state index in [-0.39, 0.29) is 17.9 Å². The predicted molar refractivity (Wildman–Crippen MR) is 76.2 cm³/mol. The number of rotatable bonds is 4. The molecule has 0 radical (unpaired) electrons. The number of carbonyl (C=O) groups is 1. The molecular formula is C15H20ClNO2. The van der Waals surface area contributed by atoms with Crippen LogP contribution < -0.4 is 5.32 Å². The van der Waals surface area contributed by atoms with Crippen molar-refractivity contribution < 1.29 is 9.53 Å². The molecule has 1 heterocycles. The fraction of sp³-hybridized carbons (Fsp3) is 0.533. The minimum atomic E-state index is -0.539. The molecule has 1 fully saturated rings. The second-order valence-electron chi connectivity index (χ2n) is 5.29. The molecule has 1 aromatic rings. The normalized spacial score (nSPS) is 25.8. The van der Waals surface area contributed by atoms with E-state index in [2.05, 4.69) is 5.32 Å². The van der Waals surface area contributed by atoms with Gasteiger partial charge in [0, 0.05) is 12.5 Å². The van der Waals surface area contributed by atoms with Crippen LogP contribution >= 0.6 is 11.6 Å². The molecule has 3 unspecified atom stereocenters. The summed E-state index contributed by atoms with van der Waals surface area (Å²) in [5.41, 5.74) is 0.479. The Bertz CT molecular complexity index is 437. The van der Waals surface area contributed by atoms with Crippen molar-refractivity contribution in [1.29, 1.82) is 0 Å². The maximum absolute atomic E-state index is 12.4. The highest BCUT2D eigenvalue weighted by Crippen LogP contribution is 2.26. The number of benzene rings is 1. The van der Waals surface area contributed by atoms with Crippen LogP contribution in [0, 0.1) is 5.92 Å². The second kappa shape index (κ2) is 5.93. The number of alkyl halides is 1. The molecule has 1 aliphatic heterocycles. The van der Waals surface area contributed by atoms with E-state index in [4.69, 9.17) is 16.3 Å². The monoisotopic (exact) mass is 281 g/mol. The van der Waals surface area contributed by atoms with Crippen molar-refractivity contribution in [2.75, 3.05) is 12.5 Å². The van der Waals surface area contributed by atoms with Gasteiger partial charge in [-0.1, -0.05) is 30.3 Å². The molecule has 1 aromatic carbocycles. The smallest absolute Gasteiger partial charge is 0.226 e. The molecule has 2 rings (SSSR count). The van der Waals surface area contributed by atoms with Crippen LogP contribution in [0.3, 0.4) is 0 Å². The van der Waals surface area contributed by atoms with Crippen molar-refractivity contribution in [3.8, 4) is 0 Å². The van der Waals surface area contributed by atoms with Crippen LogP contribution in [0.2, 0.25) is 0 Å². The Morgan fingerprint density at radius 2 is 2.16 bits per heavy atom. The van der Waals surface area contributed by atoms with Crippen LogP contribution in [-0.2, 0) is 15.1 Å². The number of hydrogen-bond donors (Lipinski definition) is 1. The molecule has 4 heteroatoms. The summed E-state index contributed by atoms with van der Waals surface area (Å²) in [5, 5.41) is 3.08. The quantitative estimate of drug-likeness (QED) is 0.862. The highest BCUT2D eigenvalue weighted by molar-refractivity contribution is 6.18. The van der Waals surface area contributed by atoms with Gasteiger partial charge in [-0.2, -0.15) is 0 Å². The van der Waals surface area contributed by atoms with Crippen LogP contribution in [0.25, 0.3) is 0 Å². The number of amides is 1. The van der Waals surface area contributed by atoms with Crippen molar-refractivity contribution >= 4 is 17.5 Å². The van der Waals surface area contributed by atoms with E-state index >= 15 is 0 Å². The first-order chi connectivity index (χ1) is 9.07. The van der Waals surface area contributed by atoms with Crippen LogP contribution in [0.15, 0.2) is 30.3 Å². The van der Waals surface area contributed by atoms with Gasteiger partial charge in [-0.3, -0.25) is 4.79 Å². The lowest BCUT2D eigenvalue weighted by atomic mass is 9.92. The zero-order chi connectivity index (χ0) is 13.9. The van der Waals surface area contributed by atoms with E-state index < -0.39 is 5.54 Å². The Kier molecular flexibility index (Phi) is 4.48. The summed E-state index contributed by atoms with van der Waals surface area (Å²) in [6.07, 6.45) is 0.760. The summed E-state index contributed by atoms with van der Waals surface area (Å²) in [6.45, 7) is 4.55. The molecule has 3 nitrogen and oxygen atoms in total. The zero-order valence-electron chi connectivity index (χ0n) is 11.4. The molecule has 1 amide bonds. The van der Waals surface area contributed by atoms with E-state index in [9.17, 15) is 4.79 Å². The Labute approximate surface area is 119 Å². The summed E-state index contributed by atoms with van der Waals surface area (Å²) in [4.78, 5) is 12.4. The molecule has 104 valence electrons. The topological polar surface area (TPSA) is 38.3 Å². The first kappa shape index (κ1) is 14.4. The Morgan fingerprint density at radius 3 is 2.68 bits per heavy atom. The predicted octanol–water partition coefficient (Wildman–Crippen LogP) is 2.68. The van der Waals surface area contributed by atoms with Crippen molar-refractivity contribution in [3.05, 3.63) is 35.9 Å². The van der Waals surface area contributed by atoms with Crippen molar-refractivity contribution in [1.82, 2.24) is 5.32 Å². The summed E-state index contributed by atoms with van der Waals surface area (Å²) in [5.74, 6) is 0.285. The minimum absolute atomic E-state index is 0.0182. The largest absolute Gasteiger partial charge is 0.378 e. The molecule has 0 spiro atoms. The van der Waals surface area contributed by atoms with Gasteiger partial charge in [0.15, 0.2) is 0 Å². The zero-order valence-corrected chi connectivity index (χ0v) is 12.1. The Balaban J connectivity index is 2.12. The summed E-state index contributed by atoms with van der Waals surface area (Å²) in [6, 6.07) is 9.82. The summed E-state index contributed by atoms with van der Waals surface area (Å²) in [7, 11) is 0. The molecule has 0 aliphatic carbocycles. The Morgan fingerprint density at radius 1 is 1.47 bits per heavy atom. The highest BCUT2D eigenvalue weighted by Gasteiger charge is 2.35. The Hall–Kier alpha value is -1.06. The third-order valence-corrected chi connectivity index (χ3v) is 4.32. The lowest BCUT2D eigenvalue weighted by molar-refractivity contribution is -0.128. The van der Waals surface area contributed by atoms with Crippen LogP contribution in [-0.4, -0.2) is 24.5 Å². The van der Waals surface area contributed by atoms with Gasteiger partial charge in [0.1, 0.15) is 0 Å². The maximum atomic E-state index is 12.4. The van der Waals surface area contributed by atoms with Gasteiger partial charge in [-0.25, -0.2) is 0 Å². The van der Waals surface area contributed by atoms with E-state index in [1.807, 2.05) is 44.2 Å². The molecule has 3 atom stereocenters. The lowest BCUT2D eigenvalue weighted by Crippen LogP contribution is -2.48. The van der Waals surface area contributed by atoms with Crippen LogP contribution in [0.4, 0.5) is 0 Å². The van der Waals surface area contributed by atoms with Crippen molar-refractivity contribution in [2.24, 2.45) is 5.92 Å². The molecule has 1 saturated heterocycles. The SMILES string of the molecule is CC1OCCC1C(=O)NC(C)(CCl)c1ccccc1. The first-order valence-corrected chi connectivity index (χ1v) is 7.15. The fourth-order valence-electron chi connectivity index (χ4n) is 2.43. The average molecular weight is 282 g/mol. The molecule has 0 bridgehead atoms. The molecular weight excluding hydrogens is 262 g/mol. The van der Waals surface area contributed by atoms with E-state index in [1.165, 1.54) is 0 Å². The lowest BCUT2D eigenvalue weighted by Gasteiger charge is -2.31. The van der Waals surface area contributed by atoms with Gasteiger partial charge in [-0.15, -0.1) is 11.6 Å². The number of ether oxygens (including phenoxy) is 1. The first-order valence-electron chi connectivity index (χ1n) is 6.62. The van der Waals surface area contributed by atoms with Crippen LogP contribution in [0.1, 0.15) is 25.8 Å². The van der Waals surface area contributed by atoms with Gasteiger partial charge in [0.2, 0.25) is 5.91 Å². The second-order valence-corrected chi connectivity index (χ2v) is 5.56. The van der Waals surface area contributed by atoms with Gasteiger partial charge in [-0.05, 0) is 25.8 Å². The third-order valence-electron chi connectivity index (χ3n) is 3.79. The molecule has 0 aromatic heterocycles. The molecule has 0 saturated carbocycles. The van der Waals surface area contributed by atoms with Gasteiger partial charge in [0.25, 0.3) is 0 Å². The van der Waals surface area contributed by atoms with E-state index in [0.717, 1.165) is 12.0 Å². The third kappa shape index (κ3) is 3.10.